The van der Waals surface area contributed by atoms with Crippen LogP contribution < -0.4 is 14.8 Å². The zero-order valence-electron chi connectivity index (χ0n) is 16.2. The van der Waals surface area contributed by atoms with Crippen molar-refractivity contribution in [3.63, 3.8) is 0 Å². The molecule has 7 nitrogen and oxygen atoms in total. The predicted molar refractivity (Wildman–Crippen MR) is 111 cm³/mol. The van der Waals surface area contributed by atoms with E-state index in [1.54, 1.807) is 18.2 Å². The standard InChI is InChI=1S/C21H20N2O5S/c1-13-22-19(14-7-5-4-6-8-14)20(29-13)21(25)28-12-18(24)23-16-10-9-15(26-2)11-17(16)27-3/h4-11H,12H2,1-3H3,(H,23,24). The molecule has 150 valence electrons. The van der Waals surface area contributed by atoms with E-state index in [-0.39, 0.29) is 0 Å². The lowest BCUT2D eigenvalue weighted by atomic mass is 10.1. The molecule has 0 aliphatic heterocycles. The number of carbonyl (C=O) groups excluding carboxylic acids is 2. The van der Waals surface area contributed by atoms with Crippen molar-refractivity contribution in [2.24, 2.45) is 0 Å². The van der Waals surface area contributed by atoms with Gasteiger partial charge in [0.2, 0.25) is 0 Å². The Morgan fingerprint density at radius 2 is 1.83 bits per heavy atom. The second-order valence-electron chi connectivity index (χ2n) is 5.97. The van der Waals surface area contributed by atoms with Gasteiger partial charge in [0, 0.05) is 11.6 Å². The second kappa shape index (κ2) is 9.20. The summed E-state index contributed by atoms with van der Waals surface area (Å²) >= 11 is 1.23. The van der Waals surface area contributed by atoms with E-state index in [1.807, 2.05) is 37.3 Å². The Morgan fingerprint density at radius 3 is 2.52 bits per heavy atom. The van der Waals surface area contributed by atoms with Crippen LogP contribution in [0.1, 0.15) is 14.7 Å². The fourth-order valence-electron chi connectivity index (χ4n) is 2.64. The van der Waals surface area contributed by atoms with Crippen LogP contribution in [0, 0.1) is 6.92 Å². The highest BCUT2D eigenvalue weighted by molar-refractivity contribution is 7.14. The number of nitrogens with one attached hydrogen (secondary N) is 1. The highest BCUT2D eigenvalue weighted by Gasteiger charge is 2.20. The summed E-state index contributed by atoms with van der Waals surface area (Å²) < 4.78 is 15.6. The van der Waals surface area contributed by atoms with Gasteiger partial charge < -0.3 is 19.5 Å². The van der Waals surface area contributed by atoms with E-state index < -0.39 is 18.5 Å². The fourth-order valence-corrected chi connectivity index (χ4v) is 3.48. The first kappa shape index (κ1) is 20.3. The number of methoxy groups -OCH3 is 2. The molecule has 1 amide bonds. The third-order valence-corrected chi connectivity index (χ3v) is 4.93. The van der Waals surface area contributed by atoms with Gasteiger partial charge >= 0.3 is 5.97 Å². The Hall–Kier alpha value is -3.39. The lowest BCUT2D eigenvalue weighted by Gasteiger charge is -2.11. The summed E-state index contributed by atoms with van der Waals surface area (Å²) in [6.45, 7) is 1.38. The lowest BCUT2D eigenvalue weighted by molar-refractivity contribution is -0.119. The van der Waals surface area contributed by atoms with Crippen molar-refractivity contribution in [3.8, 4) is 22.8 Å². The summed E-state index contributed by atoms with van der Waals surface area (Å²) in [4.78, 5) is 29.6. The van der Waals surface area contributed by atoms with E-state index in [2.05, 4.69) is 10.3 Å². The van der Waals surface area contributed by atoms with Crippen LogP contribution in [0.4, 0.5) is 5.69 Å². The average molecular weight is 412 g/mol. The number of hydrogen-bond acceptors (Lipinski definition) is 7. The fraction of sp³-hybridized carbons (Fsp3) is 0.190. The first-order chi connectivity index (χ1) is 14.0. The molecule has 0 aliphatic rings. The smallest absolute Gasteiger partial charge is 0.351 e. The molecule has 29 heavy (non-hydrogen) atoms. The minimum absolute atomic E-state index is 0.364. The molecule has 3 rings (SSSR count). The molecule has 0 saturated heterocycles. The number of aromatic nitrogens is 1. The van der Waals surface area contributed by atoms with Crippen molar-refractivity contribution in [2.45, 2.75) is 6.92 Å². The average Bonchev–Trinajstić information content (AvgIpc) is 3.14. The molecule has 2 aromatic carbocycles. The molecule has 1 N–H and O–H groups in total. The Bertz CT molecular complexity index is 1020. The highest BCUT2D eigenvalue weighted by Crippen LogP contribution is 2.30. The number of hydrogen-bond donors (Lipinski definition) is 1. The monoisotopic (exact) mass is 412 g/mol. The molecular formula is C21H20N2O5S. The van der Waals surface area contributed by atoms with Gasteiger partial charge in [-0.1, -0.05) is 30.3 Å². The molecule has 0 aliphatic carbocycles. The van der Waals surface area contributed by atoms with Gasteiger partial charge in [0.1, 0.15) is 16.4 Å². The Kier molecular flexibility index (Phi) is 6.46. The lowest BCUT2D eigenvalue weighted by Crippen LogP contribution is -2.21. The second-order valence-corrected chi connectivity index (χ2v) is 7.17. The van der Waals surface area contributed by atoms with Crippen LogP contribution in [0.2, 0.25) is 0 Å². The van der Waals surface area contributed by atoms with E-state index in [0.717, 1.165) is 10.6 Å². The van der Waals surface area contributed by atoms with Crippen molar-refractivity contribution in [3.05, 3.63) is 58.4 Å². The predicted octanol–water partition coefficient (Wildman–Crippen LogP) is 3.93. The maximum Gasteiger partial charge on any atom is 0.351 e. The molecule has 0 spiro atoms. The number of ether oxygens (including phenoxy) is 3. The van der Waals surface area contributed by atoms with E-state index in [0.29, 0.717) is 27.8 Å². The van der Waals surface area contributed by atoms with Gasteiger partial charge in [-0.2, -0.15) is 0 Å². The summed E-state index contributed by atoms with van der Waals surface area (Å²) in [5.41, 5.74) is 1.82. The summed E-state index contributed by atoms with van der Waals surface area (Å²) in [6.07, 6.45) is 0. The van der Waals surface area contributed by atoms with Crippen molar-refractivity contribution in [1.82, 2.24) is 4.98 Å². The SMILES string of the molecule is COc1ccc(NC(=O)COC(=O)c2sc(C)nc2-c2ccccc2)c(OC)c1. The molecule has 0 fully saturated rings. The number of esters is 1. The molecule has 0 unspecified atom stereocenters. The van der Waals surface area contributed by atoms with Gasteiger partial charge in [-0.15, -0.1) is 11.3 Å². The largest absolute Gasteiger partial charge is 0.497 e. The normalized spacial score (nSPS) is 10.3. The van der Waals surface area contributed by atoms with Crippen LogP contribution in [0.25, 0.3) is 11.3 Å². The van der Waals surface area contributed by atoms with E-state index >= 15 is 0 Å². The molecule has 0 saturated carbocycles. The Balaban J connectivity index is 1.67. The van der Waals surface area contributed by atoms with Gasteiger partial charge in [0.25, 0.3) is 5.91 Å². The molecule has 0 atom stereocenters. The summed E-state index contributed by atoms with van der Waals surface area (Å²) in [7, 11) is 3.03. The van der Waals surface area contributed by atoms with Crippen LogP contribution in [-0.4, -0.2) is 37.7 Å². The van der Waals surface area contributed by atoms with Crippen LogP contribution in [0.3, 0.4) is 0 Å². The zero-order valence-corrected chi connectivity index (χ0v) is 17.0. The van der Waals surface area contributed by atoms with E-state index in [4.69, 9.17) is 14.2 Å². The third-order valence-electron chi connectivity index (χ3n) is 3.98. The van der Waals surface area contributed by atoms with Gasteiger partial charge in [-0.25, -0.2) is 9.78 Å². The number of anilines is 1. The van der Waals surface area contributed by atoms with Crippen LogP contribution >= 0.6 is 11.3 Å². The van der Waals surface area contributed by atoms with Crippen molar-refractivity contribution in [2.75, 3.05) is 26.1 Å². The van der Waals surface area contributed by atoms with Crippen LogP contribution in [0.5, 0.6) is 11.5 Å². The number of thiazole rings is 1. The molecule has 1 heterocycles. The van der Waals surface area contributed by atoms with E-state index in [1.165, 1.54) is 25.6 Å². The van der Waals surface area contributed by atoms with Crippen LogP contribution in [0.15, 0.2) is 48.5 Å². The van der Waals surface area contributed by atoms with E-state index in [9.17, 15) is 9.59 Å². The minimum Gasteiger partial charge on any atom is -0.497 e. The molecule has 0 radical (unpaired) electrons. The Labute approximate surface area is 172 Å². The summed E-state index contributed by atoms with van der Waals surface area (Å²) in [5, 5.41) is 3.40. The number of carbonyl (C=O) groups is 2. The molecule has 0 bridgehead atoms. The molecule has 8 heteroatoms. The quantitative estimate of drug-likeness (QED) is 0.592. The van der Waals surface area contributed by atoms with Gasteiger partial charge in [0.05, 0.1) is 30.6 Å². The number of rotatable bonds is 7. The molecular weight excluding hydrogens is 392 g/mol. The summed E-state index contributed by atoms with van der Waals surface area (Å²) in [5.74, 6) is -0.0376. The van der Waals surface area contributed by atoms with Gasteiger partial charge in [0.15, 0.2) is 6.61 Å². The Morgan fingerprint density at radius 1 is 1.07 bits per heavy atom. The maximum atomic E-state index is 12.5. The number of amides is 1. The first-order valence-corrected chi connectivity index (χ1v) is 9.55. The molecule has 1 aromatic heterocycles. The maximum absolute atomic E-state index is 12.5. The first-order valence-electron chi connectivity index (χ1n) is 8.73. The summed E-state index contributed by atoms with van der Waals surface area (Å²) in [6, 6.07) is 14.4. The van der Waals surface area contributed by atoms with Gasteiger partial charge in [-0.3, -0.25) is 4.79 Å². The number of nitrogens with zero attached hydrogens (tertiary/aromatic N) is 1. The third kappa shape index (κ3) is 4.91. The topological polar surface area (TPSA) is 86.8 Å². The van der Waals surface area contributed by atoms with Crippen LogP contribution in [-0.2, 0) is 9.53 Å². The van der Waals surface area contributed by atoms with Gasteiger partial charge in [-0.05, 0) is 19.1 Å². The zero-order chi connectivity index (χ0) is 20.8. The molecule has 3 aromatic rings. The van der Waals surface area contributed by atoms with Crippen molar-refractivity contribution >= 4 is 28.9 Å². The van der Waals surface area contributed by atoms with Crippen molar-refractivity contribution in [1.29, 1.82) is 0 Å². The van der Waals surface area contributed by atoms with Crippen molar-refractivity contribution < 1.29 is 23.8 Å². The minimum atomic E-state index is -0.591. The number of aryl methyl sites for hydroxylation is 1. The number of benzene rings is 2. The highest BCUT2D eigenvalue weighted by atomic mass is 32.1.